The Labute approximate surface area is 168 Å². The van der Waals surface area contributed by atoms with Crippen LogP contribution < -0.4 is 15.4 Å². The van der Waals surface area contributed by atoms with Gasteiger partial charge in [-0.15, -0.1) is 0 Å². The van der Waals surface area contributed by atoms with Gasteiger partial charge in [-0.2, -0.15) is 0 Å². The molecule has 6 heteroatoms. The molecule has 2 aliphatic rings. The maximum absolute atomic E-state index is 12.3. The van der Waals surface area contributed by atoms with E-state index >= 15 is 0 Å². The van der Waals surface area contributed by atoms with Crippen molar-refractivity contribution in [1.29, 1.82) is 0 Å². The van der Waals surface area contributed by atoms with Gasteiger partial charge in [0.05, 0.1) is 0 Å². The summed E-state index contributed by atoms with van der Waals surface area (Å²) in [5.74, 6) is 1.80. The lowest BCUT2D eigenvalue weighted by atomic mass is 9.95. The fraction of sp³-hybridized carbons (Fsp3) is 0.636. The number of amides is 1. The molecule has 6 nitrogen and oxygen atoms in total. The van der Waals surface area contributed by atoms with Crippen molar-refractivity contribution in [2.75, 3.05) is 26.2 Å². The molecule has 0 unspecified atom stereocenters. The minimum absolute atomic E-state index is 0.0320. The van der Waals surface area contributed by atoms with Crippen molar-refractivity contribution in [1.82, 2.24) is 15.5 Å². The summed E-state index contributed by atoms with van der Waals surface area (Å²) in [7, 11) is 0. The number of aliphatic imine (C=N–C) groups is 1. The van der Waals surface area contributed by atoms with Crippen molar-refractivity contribution in [3.8, 4) is 5.75 Å². The Morgan fingerprint density at radius 2 is 1.82 bits per heavy atom. The van der Waals surface area contributed by atoms with Crippen LogP contribution in [0.25, 0.3) is 0 Å². The van der Waals surface area contributed by atoms with Crippen molar-refractivity contribution >= 4 is 11.9 Å². The van der Waals surface area contributed by atoms with Gasteiger partial charge in [-0.05, 0) is 31.9 Å². The quantitative estimate of drug-likeness (QED) is 0.583. The van der Waals surface area contributed by atoms with Gasteiger partial charge >= 0.3 is 0 Å². The molecule has 0 spiro atoms. The van der Waals surface area contributed by atoms with Gasteiger partial charge in [0, 0.05) is 38.5 Å². The standard InChI is InChI=1S/C22H34N4O2/c1-2-23-22(24-17-21(27)25-18-9-5-3-6-10-18)26-15-13-20(14-16-26)28-19-11-7-4-8-12-19/h4,7-8,11-12,18,20H,2-3,5-6,9-10,13-17H2,1H3,(H,23,24)(H,25,27). The highest BCUT2D eigenvalue weighted by Gasteiger charge is 2.23. The summed E-state index contributed by atoms with van der Waals surface area (Å²) in [6.07, 6.45) is 8.07. The van der Waals surface area contributed by atoms with E-state index < -0.39 is 0 Å². The number of benzene rings is 1. The topological polar surface area (TPSA) is 66.0 Å². The number of carbonyl (C=O) groups is 1. The molecule has 154 valence electrons. The average molecular weight is 387 g/mol. The van der Waals surface area contributed by atoms with Gasteiger partial charge in [0.25, 0.3) is 0 Å². The van der Waals surface area contributed by atoms with Gasteiger partial charge < -0.3 is 20.3 Å². The van der Waals surface area contributed by atoms with Gasteiger partial charge in [0.1, 0.15) is 18.4 Å². The van der Waals surface area contributed by atoms with Gasteiger partial charge in [-0.3, -0.25) is 4.79 Å². The monoisotopic (exact) mass is 386 g/mol. The second-order valence-electron chi connectivity index (χ2n) is 7.69. The number of ether oxygens (including phenoxy) is 1. The number of rotatable bonds is 6. The Balaban J connectivity index is 1.46. The van der Waals surface area contributed by atoms with E-state index in [1.165, 1.54) is 19.3 Å². The molecule has 1 saturated carbocycles. The number of likely N-dealkylation sites (tertiary alicyclic amines) is 1. The van der Waals surface area contributed by atoms with Crippen molar-refractivity contribution in [2.24, 2.45) is 4.99 Å². The van der Waals surface area contributed by atoms with Crippen molar-refractivity contribution in [3.63, 3.8) is 0 Å². The van der Waals surface area contributed by atoms with Gasteiger partial charge in [0.15, 0.2) is 5.96 Å². The van der Waals surface area contributed by atoms with E-state index in [1.807, 2.05) is 30.3 Å². The largest absolute Gasteiger partial charge is 0.490 e. The van der Waals surface area contributed by atoms with E-state index in [1.54, 1.807) is 0 Å². The van der Waals surface area contributed by atoms with Crippen LogP contribution in [0.15, 0.2) is 35.3 Å². The number of guanidine groups is 1. The molecule has 1 heterocycles. The van der Waals surface area contributed by atoms with Gasteiger partial charge in [0.2, 0.25) is 5.91 Å². The molecule has 1 aliphatic carbocycles. The molecule has 0 aromatic heterocycles. The van der Waals surface area contributed by atoms with Crippen LogP contribution in [0.5, 0.6) is 5.75 Å². The van der Waals surface area contributed by atoms with E-state index in [-0.39, 0.29) is 18.6 Å². The van der Waals surface area contributed by atoms with E-state index in [4.69, 9.17) is 4.74 Å². The predicted octanol–water partition coefficient (Wildman–Crippen LogP) is 2.94. The van der Waals surface area contributed by atoms with Crippen LogP contribution in [0, 0.1) is 0 Å². The maximum Gasteiger partial charge on any atom is 0.242 e. The molecular weight excluding hydrogens is 352 g/mol. The molecule has 1 saturated heterocycles. The first kappa shape index (κ1) is 20.5. The lowest BCUT2D eigenvalue weighted by molar-refractivity contribution is -0.120. The molecule has 2 fully saturated rings. The third kappa shape index (κ3) is 6.43. The molecule has 28 heavy (non-hydrogen) atoms. The van der Waals surface area contributed by atoms with Crippen LogP contribution in [0.2, 0.25) is 0 Å². The first-order valence-corrected chi connectivity index (χ1v) is 10.8. The van der Waals surface area contributed by atoms with Crippen LogP contribution in [0.4, 0.5) is 0 Å². The molecule has 1 amide bonds. The first-order valence-electron chi connectivity index (χ1n) is 10.8. The summed E-state index contributed by atoms with van der Waals surface area (Å²) >= 11 is 0. The number of nitrogens with one attached hydrogen (secondary N) is 2. The minimum Gasteiger partial charge on any atom is -0.490 e. The highest BCUT2D eigenvalue weighted by Crippen LogP contribution is 2.19. The van der Waals surface area contributed by atoms with Crippen molar-refractivity contribution < 1.29 is 9.53 Å². The lowest BCUT2D eigenvalue weighted by Crippen LogP contribution is -2.48. The summed E-state index contributed by atoms with van der Waals surface area (Å²) < 4.78 is 6.08. The Hall–Kier alpha value is -2.24. The van der Waals surface area contributed by atoms with E-state index in [0.29, 0.717) is 6.04 Å². The van der Waals surface area contributed by atoms with Crippen LogP contribution in [0.3, 0.4) is 0 Å². The Morgan fingerprint density at radius 1 is 1.11 bits per heavy atom. The van der Waals surface area contributed by atoms with Crippen molar-refractivity contribution in [3.05, 3.63) is 30.3 Å². The fourth-order valence-corrected chi connectivity index (χ4v) is 3.97. The molecule has 2 N–H and O–H groups in total. The summed E-state index contributed by atoms with van der Waals surface area (Å²) in [6, 6.07) is 10.3. The van der Waals surface area contributed by atoms with Crippen LogP contribution in [0.1, 0.15) is 51.9 Å². The van der Waals surface area contributed by atoms with Crippen LogP contribution >= 0.6 is 0 Å². The molecule has 1 aliphatic heterocycles. The summed E-state index contributed by atoms with van der Waals surface area (Å²) in [6.45, 7) is 4.81. The fourth-order valence-electron chi connectivity index (χ4n) is 3.97. The van der Waals surface area contributed by atoms with Crippen LogP contribution in [-0.4, -0.2) is 55.1 Å². The Bertz CT molecular complexity index is 621. The van der Waals surface area contributed by atoms with Gasteiger partial charge in [-0.1, -0.05) is 37.5 Å². The summed E-state index contributed by atoms with van der Waals surface area (Å²) in [5, 5.41) is 6.47. The molecule has 1 aromatic rings. The third-order valence-corrected chi connectivity index (χ3v) is 5.47. The smallest absolute Gasteiger partial charge is 0.242 e. The maximum atomic E-state index is 12.3. The zero-order chi connectivity index (χ0) is 19.6. The minimum atomic E-state index is 0.0320. The molecular formula is C22H34N4O2. The molecule has 3 rings (SSSR count). The number of hydrogen-bond acceptors (Lipinski definition) is 3. The van der Waals surface area contributed by atoms with E-state index in [9.17, 15) is 4.79 Å². The normalized spacial score (nSPS) is 19.3. The van der Waals surface area contributed by atoms with Gasteiger partial charge in [-0.25, -0.2) is 4.99 Å². The van der Waals surface area contributed by atoms with Crippen molar-refractivity contribution in [2.45, 2.75) is 64.0 Å². The lowest BCUT2D eigenvalue weighted by Gasteiger charge is -2.34. The number of carbonyl (C=O) groups excluding carboxylic acids is 1. The summed E-state index contributed by atoms with van der Waals surface area (Å²) in [4.78, 5) is 19.1. The molecule has 1 aromatic carbocycles. The molecule has 0 bridgehead atoms. The van der Waals surface area contributed by atoms with E-state index in [0.717, 1.165) is 57.0 Å². The second kappa shape index (κ2) is 10.9. The number of hydrogen-bond donors (Lipinski definition) is 2. The Morgan fingerprint density at radius 3 is 2.50 bits per heavy atom. The third-order valence-electron chi connectivity index (χ3n) is 5.47. The highest BCUT2D eigenvalue weighted by molar-refractivity contribution is 5.85. The molecule has 0 radical (unpaired) electrons. The summed E-state index contributed by atoms with van der Waals surface area (Å²) in [5.41, 5.74) is 0. The van der Waals surface area contributed by atoms with E-state index in [2.05, 4.69) is 27.4 Å². The molecule has 0 atom stereocenters. The number of piperidine rings is 1. The first-order chi connectivity index (χ1) is 13.7. The zero-order valence-corrected chi connectivity index (χ0v) is 17.0. The highest BCUT2D eigenvalue weighted by atomic mass is 16.5. The second-order valence-corrected chi connectivity index (χ2v) is 7.69. The number of nitrogens with zero attached hydrogens (tertiary/aromatic N) is 2. The predicted molar refractivity (Wildman–Crippen MR) is 113 cm³/mol. The Kier molecular flexibility index (Phi) is 8.00. The van der Waals surface area contributed by atoms with Crippen LogP contribution in [-0.2, 0) is 4.79 Å². The average Bonchev–Trinajstić information content (AvgIpc) is 2.73. The number of para-hydroxylation sites is 1. The SMILES string of the molecule is CCNC(=NCC(=O)NC1CCCCC1)N1CCC(Oc2ccccc2)CC1. The zero-order valence-electron chi connectivity index (χ0n) is 17.0.